The third-order valence-electron chi connectivity index (χ3n) is 8.90. The van der Waals surface area contributed by atoms with Crippen molar-refractivity contribution in [3.05, 3.63) is 53.1 Å². The molecule has 2 atom stereocenters. The van der Waals surface area contributed by atoms with Gasteiger partial charge >= 0.3 is 10.2 Å². The predicted octanol–water partition coefficient (Wildman–Crippen LogP) is 5.63. The maximum absolute atomic E-state index is 13.1. The lowest BCUT2D eigenvalue weighted by atomic mass is 9.81. The van der Waals surface area contributed by atoms with E-state index in [0.717, 1.165) is 46.8 Å². The average molecular weight is 556 g/mol. The van der Waals surface area contributed by atoms with Gasteiger partial charge in [-0.2, -0.15) is 12.7 Å². The summed E-state index contributed by atoms with van der Waals surface area (Å²) in [6.45, 7) is 0.762. The van der Waals surface area contributed by atoms with Crippen LogP contribution in [0.25, 0.3) is 22.2 Å². The highest BCUT2D eigenvalue weighted by atomic mass is 35.5. The summed E-state index contributed by atoms with van der Waals surface area (Å²) < 4.78 is 35.9. The van der Waals surface area contributed by atoms with E-state index in [-0.39, 0.29) is 5.41 Å². The maximum Gasteiger partial charge on any atom is 0.303 e. The third-order valence-corrected chi connectivity index (χ3v) is 10.8. The van der Waals surface area contributed by atoms with E-state index >= 15 is 0 Å². The van der Waals surface area contributed by atoms with E-state index in [4.69, 9.17) is 16.3 Å². The Labute approximate surface area is 229 Å². The number of nitrogens with zero attached hydrogens (tertiary/aromatic N) is 2. The first-order chi connectivity index (χ1) is 18.2. The molecule has 38 heavy (non-hydrogen) atoms. The highest BCUT2D eigenvalue weighted by molar-refractivity contribution is 7.87. The molecule has 1 amide bonds. The normalized spacial score (nSPS) is 22.9. The topological polar surface area (TPSA) is 80.6 Å². The van der Waals surface area contributed by atoms with E-state index < -0.39 is 16.1 Å². The molecule has 0 saturated heterocycles. The van der Waals surface area contributed by atoms with Crippen molar-refractivity contribution in [1.29, 1.82) is 0 Å². The van der Waals surface area contributed by atoms with E-state index in [1.165, 1.54) is 55.7 Å². The number of carbonyl (C=O) groups is 1. The van der Waals surface area contributed by atoms with Crippen LogP contribution in [0.1, 0.15) is 71.8 Å². The number of methoxy groups -OCH3 is 1. The van der Waals surface area contributed by atoms with E-state index in [9.17, 15) is 13.2 Å². The SMILES string of the molecule is COc1ccc2c(c1)C1CC1(CCl)Cn1c-2c(C2CCCCC2)c2ccc(C(=O)NS(=O)(=O)N(C)C)cc21. The Balaban J connectivity index is 1.58. The Bertz CT molecular complexity index is 1540. The molecular weight excluding hydrogens is 522 g/mol. The van der Waals surface area contributed by atoms with Gasteiger partial charge in [0.2, 0.25) is 0 Å². The van der Waals surface area contributed by atoms with Gasteiger partial charge in [-0.15, -0.1) is 11.6 Å². The molecule has 2 saturated carbocycles. The lowest BCUT2D eigenvalue weighted by Crippen LogP contribution is -2.39. The fourth-order valence-electron chi connectivity index (χ4n) is 6.68. The minimum Gasteiger partial charge on any atom is -0.497 e. The number of halogens is 1. The molecule has 0 spiro atoms. The van der Waals surface area contributed by atoms with Crippen LogP contribution in [0.4, 0.5) is 0 Å². The molecule has 0 bridgehead atoms. The summed E-state index contributed by atoms with van der Waals surface area (Å²) in [7, 11) is 0.594. The summed E-state index contributed by atoms with van der Waals surface area (Å²) in [5, 5.41) is 1.14. The van der Waals surface area contributed by atoms with Gasteiger partial charge in [-0.25, -0.2) is 4.72 Å². The highest BCUT2D eigenvalue weighted by Crippen LogP contribution is 2.65. The molecule has 7 nitrogen and oxygen atoms in total. The largest absolute Gasteiger partial charge is 0.497 e. The van der Waals surface area contributed by atoms with Crippen molar-refractivity contribution in [3.63, 3.8) is 0 Å². The lowest BCUT2D eigenvalue weighted by molar-refractivity contribution is 0.0980. The molecular formula is C29H34ClN3O4S. The summed E-state index contributed by atoms with van der Waals surface area (Å²) in [5.74, 6) is 1.56. The minimum atomic E-state index is -3.90. The van der Waals surface area contributed by atoms with Gasteiger partial charge < -0.3 is 9.30 Å². The Morgan fingerprint density at radius 1 is 1.16 bits per heavy atom. The molecule has 202 valence electrons. The number of carbonyl (C=O) groups excluding carboxylic acids is 1. The molecule has 2 aliphatic carbocycles. The fraction of sp³-hybridized carbons (Fsp3) is 0.483. The molecule has 3 aromatic rings. The van der Waals surface area contributed by atoms with Crippen molar-refractivity contribution >= 4 is 38.6 Å². The van der Waals surface area contributed by atoms with Crippen molar-refractivity contribution in [1.82, 2.24) is 13.6 Å². The van der Waals surface area contributed by atoms with E-state index in [1.54, 1.807) is 13.2 Å². The van der Waals surface area contributed by atoms with Crippen LogP contribution in [0, 0.1) is 5.41 Å². The summed E-state index contributed by atoms with van der Waals surface area (Å²) >= 11 is 6.65. The Morgan fingerprint density at radius 3 is 2.61 bits per heavy atom. The number of aromatic nitrogens is 1. The molecule has 2 heterocycles. The Kier molecular flexibility index (Phi) is 6.28. The first kappa shape index (κ1) is 25.7. The average Bonchev–Trinajstić information content (AvgIpc) is 3.57. The fourth-order valence-corrected chi connectivity index (χ4v) is 7.60. The van der Waals surface area contributed by atoms with Crippen LogP contribution in [-0.4, -0.2) is 50.3 Å². The highest BCUT2D eigenvalue weighted by Gasteiger charge is 2.57. The molecule has 1 aliphatic heterocycles. The minimum absolute atomic E-state index is 0.0593. The van der Waals surface area contributed by atoms with Gasteiger partial charge in [0.05, 0.1) is 12.8 Å². The Morgan fingerprint density at radius 2 is 1.92 bits per heavy atom. The van der Waals surface area contributed by atoms with Crippen LogP contribution in [0.2, 0.25) is 0 Å². The number of fused-ring (bicyclic) bond motifs is 7. The first-order valence-corrected chi connectivity index (χ1v) is 15.3. The maximum atomic E-state index is 13.1. The predicted molar refractivity (Wildman–Crippen MR) is 150 cm³/mol. The third kappa shape index (κ3) is 4.03. The number of rotatable bonds is 6. The van der Waals surface area contributed by atoms with Crippen molar-refractivity contribution < 1.29 is 17.9 Å². The molecule has 9 heteroatoms. The van der Waals surface area contributed by atoms with Gasteiger partial charge in [-0.05, 0) is 72.6 Å². The zero-order valence-electron chi connectivity index (χ0n) is 22.1. The second kappa shape index (κ2) is 9.28. The molecule has 2 fully saturated rings. The second-order valence-electron chi connectivity index (χ2n) is 11.3. The molecule has 2 unspecified atom stereocenters. The number of benzene rings is 2. The van der Waals surface area contributed by atoms with Crippen LogP contribution in [0.3, 0.4) is 0 Å². The van der Waals surface area contributed by atoms with E-state index in [0.29, 0.717) is 23.3 Å². The first-order valence-electron chi connectivity index (χ1n) is 13.3. The monoisotopic (exact) mass is 555 g/mol. The smallest absolute Gasteiger partial charge is 0.303 e. The number of nitrogens with one attached hydrogen (secondary N) is 1. The molecule has 3 aliphatic rings. The quantitative estimate of drug-likeness (QED) is 0.400. The van der Waals surface area contributed by atoms with Crippen molar-refractivity contribution in [3.8, 4) is 17.0 Å². The zero-order chi connectivity index (χ0) is 26.8. The summed E-state index contributed by atoms with van der Waals surface area (Å²) in [5.41, 5.74) is 6.32. The lowest BCUT2D eigenvalue weighted by Gasteiger charge is -2.24. The second-order valence-corrected chi connectivity index (χ2v) is 13.5. The van der Waals surface area contributed by atoms with Gasteiger partial charge in [0.1, 0.15) is 5.75 Å². The summed E-state index contributed by atoms with van der Waals surface area (Å²) in [6.07, 6.45) is 6.99. The van der Waals surface area contributed by atoms with Gasteiger partial charge in [0.25, 0.3) is 5.91 Å². The zero-order valence-corrected chi connectivity index (χ0v) is 23.7. The number of alkyl halides is 1. The van der Waals surface area contributed by atoms with Crippen LogP contribution >= 0.6 is 11.6 Å². The molecule has 0 radical (unpaired) electrons. The Hall–Kier alpha value is -2.55. The van der Waals surface area contributed by atoms with Crippen LogP contribution in [-0.2, 0) is 16.8 Å². The number of hydrogen-bond donors (Lipinski definition) is 1. The van der Waals surface area contributed by atoms with Crippen LogP contribution in [0.5, 0.6) is 5.75 Å². The standard InChI is InChI=1S/C29H34ClN3O4S/c1-32(2)38(35,36)31-28(34)19-9-11-22-25(13-19)33-17-29(16-30)15-24(29)23-14-20(37-3)10-12-21(23)27(33)26(22)18-7-5-4-6-8-18/h9-14,18,24H,4-8,15-17H2,1-3H3,(H,31,34). The molecule has 1 aromatic heterocycles. The van der Waals surface area contributed by atoms with Gasteiger partial charge in [0.15, 0.2) is 0 Å². The van der Waals surface area contributed by atoms with Gasteiger partial charge in [0, 0.05) is 54.0 Å². The molecule has 1 N–H and O–H groups in total. The van der Waals surface area contributed by atoms with E-state index in [1.807, 2.05) is 18.2 Å². The summed E-state index contributed by atoms with van der Waals surface area (Å²) in [4.78, 5) is 13.1. The van der Waals surface area contributed by atoms with Crippen LogP contribution < -0.4 is 9.46 Å². The van der Waals surface area contributed by atoms with Crippen LogP contribution in [0.15, 0.2) is 36.4 Å². The van der Waals surface area contributed by atoms with Crippen molar-refractivity contribution in [2.75, 3.05) is 27.1 Å². The van der Waals surface area contributed by atoms with E-state index in [2.05, 4.69) is 21.4 Å². The number of ether oxygens (including phenoxy) is 1. The molecule has 2 aromatic carbocycles. The number of amides is 1. The van der Waals surface area contributed by atoms with Crippen molar-refractivity contribution in [2.24, 2.45) is 5.41 Å². The van der Waals surface area contributed by atoms with Gasteiger partial charge in [-0.3, -0.25) is 4.79 Å². The van der Waals surface area contributed by atoms with Crippen molar-refractivity contribution in [2.45, 2.75) is 56.9 Å². The molecule has 6 rings (SSSR count). The van der Waals surface area contributed by atoms with Gasteiger partial charge in [-0.1, -0.05) is 25.3 Å². The summed E-state index contributed by atoms with van der Waals surface area (Å²) in [6, 6.07) is 12.0. The number of hydrogen-bond acceptors (Lipinski definition) is 4.